The number of amides is 2. The van der Waals surface area contributed by atoms with Crippen molar-refractivity contribution in [3.8, 4) is 5.75 Å². The fraction of sp³-hybridized carbons (Fsp3) is 0.556. The van der Waals surface area contributed by atoms with E-state index in [1.807, 2.05) is 0 Å². The first-order valence-corrected chi connectivity index (χ1v) is 10.8. The number of hydrogen-bond acceptors (Lipinski definition) is 5. The van der Waals surface area contributed by atoms with Gasteiger partial charge in [0.15, 0.2) is 0 Å². The Balaban J connectivity index is 1.90. The van der Waals surface area contributed by atoms with Crippen molar-refractivity contribution in [1.29, 1.82) is 0 Å². The van der Waals surface area contributed by atoms with Gasteiger partial charge in [-0.05, 0) is 43.5 Å². The van der Waals surface area contributed by atoms with Crippen LogP contribution in [0.15, 0.2) is 24.3 Å². The first kappa shape index (κ1) is 21.0. The highest BCUT2D eigenvalue weighted by atomic mass is 32.2. The van der Waals surface area contributed by atoms with Gasteiger partial charge in [-0.2, -0.15) is 0 Å². The number of anilines is 1. The van der Waals surface area contributed by atoms with E-state index in [0.29, 0.717) is 43.8 Å². The first-order valence-electron chi connectivity index (χ1n) is 8.91. The SMILES string of the molecule is COc1ccc(N(CCCC(=O)N2CCC(C(N)=O)CC2)S(C)(=O)=O)cc1. The number of hydrogen-bond donors (Lipinski definition) is 1. The third kappa shape index (κ3) is 5.85. The summed E-state index contributed by atoms with van der Waals surface area (Å²) in [5.41, 5.74) is 5.84. The Kier molecular flexibility index (Phi) is 7.06. The van der Waals surface area contributed by atoms with Gasteiger partial charge in [0.05, 0.1) is 19.1 Å². The van der Waals surface area contributed by atoms with Crippen LogP contribution >= 0.6 is 0 Å². The molecule has 1 fully saturated rings. The van der Waals surface area contributed by atoms with E-state index in [-0.39, 0.29) is 30.7 Å². The van der Waals surface area contributed by atoms with Gasteiger partial charge in [-0.3, -0.25) is 13.9 Å². The Bertz CT molecular complexity index is 756. The highest BCUT2D eigenvalue weighted by Crippen LogP contribution is 2.22. The van der Waals surface area contributed by atoms with E-state index in [9.17, 15) is 18.0 Å². The molecule has 9 heteroatoms. The van der Waals surface area contributed by atoms with Gasteiger partial charge in [-0.1, -0.05) is 0 Å². The molecule has 2 amide bonds. The fourth-order valence-electron chi connectivity index (χ4n) is 3.18. The molecule has 27 heavy (non-hydrogen) atoms. The molecule has 2 N–H and O–H groups in total. The fourth-order valence-corrected chi connectivity index (χ4v) is 4.15. The number of rotatable bonds is 8. The molecular formula is C18H27N3O5S. The Morgan fingerprint density at radius 1 is 1.22 bits per heavy atom. The lowest BCUT2D eigenvalue weighted by Crippen LogP contribution is -2.42. The molecule has 0 spiro atoms. The number of benzene rings is 1. The number of primary amides is 1. The zero-order valence-electron chi connectivity index (χ0n) is 15.8. The number of nitrogens with two attached hydrogens (primary N) is 1. The summed E-state index contributed by atoms with van der Waals surface area (Å²) in [4.78, 5) is 25.3. The predicted octanol–water partition coefficient (Wildman–Crippen LogP) is 0.965. The molecule has 2 rings (SSSR count). The molecule has 8 nitrogen and oxygen atoms in total. The predicted molar refractivity (Wildman–Crippen MR) is 103 cm³/mol. The number of likely N-dealkylation sites (tertiary alicyclic amines) is 1. The van der Waals surface area contributed by atoms with Crippen LogP contribution in [0, 0.1) is 5.92 Å². The Labute approximate surface area is 160 Å². The molecule has 0 radical (unpaired) electrons. The van der Waals surface area contributed by atoms with Crippen molar-refractivity contribution in [3.63, 3.8) is 0 Å². The largest absolute Gasteiger partial charge is 0.497 e. The second kappa shape index (κ2) is 9.07. The lowest BCUT2D eigenvalue weighted by atomic mass is 9.96. The molecule has 1 aromatic carbocycles. The minimum absolute atomic E-state index is 0.0268. The summed E-state index contributed by atoms with van der Waals surface area (Å²) in [6.45, 7) is 1.25. The average molecular weight is 397 g/mol. The Morgan fingerprint density at radius 2 is 1.81 bits per heavy atom. The smallest absolute Gasteiger partial charge is 0.232 e. The highest BCUT2D eigenvalue weighted by molar-refractivity contribution is 7.92. The third-order valence-electron chi connectivity index (χ3n) is 4.76. The summed E-state index contributed by atoms with van der Waals surface area (Å²) in [5, 5.41) is 0. The standard InChI is InChI=1S/C18H27N3O5S/c1-26-16-7-5-15(6-8-16)21(27(2,24)25)11-3-4-17(22)20-12-9-14(10-13-20)18(19)23/h5-8,14H,3-4,9-13H2,1-2H3,(H2,19,23). The van der Waals surface area contributed by atoms with Crippen molar-refractivity contribution < 1.29 is 22.7 Å². The van der Waals surface area contributed by atoms with E-state index in [2.05, 4.69) is 0 Å². The van der Waals surface area contributed by atoms with Crippen LogP contribution in [0.4, 0.5) is 5.69 Å². The van der Waals surface area contributed by atoms with E-state index in [1.54, 1.807) is 36.3 Å². The van der Waals surface area contributed by atoms with Crippen molar-refractivity contribution in [2.45, 2.75) is 25.7 Å². The zero-order chi connectivity index (χ0) is 20.0. The molecule has 0 bridgehead atoms. The number of carbonyl (C=O) groups excluding carboxylic acids is 2. The second-order valence-corrected chi connectivity index (χ2v) is 8.60. The van der Waals surface area contributed by atoms with E-state index in [1.165, 1.54) is 4.31 Å². The van der Waals surface area contributed by atoms with E-state index < -0.39 is 10.0 Å². The number of methoxy groups -OCH3 is 1. The van der Waals surface area contributed by atoms with E-state index >= 15 is 0 Å². The number of carbonyl (C=O) groups is 2. The Morgan fingerprint density at radius 3 is 2.30 bits per heavy atom. The van der Waals surface area contributed by atoms with Crippen molar-refractivity contribution in [2.24, 2.45) is 11.7 Å². The van der Waals surface area contributed by atoms with Crippen molar-refractivity contribution in [2.75, 3.05) is 37.3 Å². The molecule has 1 heterocycles. The number of ether oxygens (including phenoxy) is 1. The molecule has 1 saturated heterocycles. The van der Waals surface area contributed by atoms with Gasteiger partial charge in [-0.25, -0.2) is 8.42 Å². The van der Waals surface area contributed by atoms with E-state index in [0.717, 1.165) is 6.26 Å². The number of piperidine rings is 1. The van der Waals surface area contributed by atoms with Crippen LogP contribution in [0.25, 0.3) is 0 Å². The van der Waals surface area contributed by atoms with Crippen molar-refractivity contribution in [3.05, 3.63) is 24.3 Å². The van der Waals surface area contributed by atoms with Crippen LogP contribution in [0.1, 0.15) is 25.7 Å². The lowest BCUT2D eigenvalue weighted by molar-refractivity contribution is -0.134. The van der Waals surface area contributed by atoms with Gasteiger partial charge in [0.2, 0.25) is 21.8 Å². The molecule has 1 aliphatic rings. The maximum absolute atomic E-state index is 12.4. The quantitative estimate of drug-likeness (QED) is 0.703. The molecule has 150 valence electrons. The second-order valence-electron chi connectivity index (χ2n) is 6.69. The monoisotopic (exact) mass is 397 g/mol. The van der Waals surface area contributed by atoms with Gasteiger partial charge in [-0.15, -0.1) is 0 Å². The van der Waals surface area contributed by atoms with Gasteiger partial charge < -0.3 is 15.4 Å². The summed E-state index contributed by atoms with van der Waals surface area (Å²) < 4.78 is 30.6. The van der Waals surface area contributed by atoms with Crippen LogP contribution in [-0.4, -0.2) is 58.1 Å². The molecule has 0 aliphatic carbocycles. The molecule has 0 saturated carbocycles. The number of nitrogens with zero attached hydrogens (tertiary/aromatic N) is 2. The van der Waals surface area contributed by atoms with Gasteiger partial charge in [0.25, 0.3) is 0 Å². The summed E-state index contributed by atoms with van der Waals surface area (Å²) in [6.07, 6.45) is 2.98. The summed E-state index contributed by atoms with van der Waals surface area (Å²) >= 11 is 0. The summed E-state index contributed by atoms with van der Waals surface area (Å²) in [5.74, 6) is 0.137. The molecule has 1 aromatic rings. The third-order valence-corrected chi connectivity index (χ3v) is 5.96. The summed E-state index contributed by atoms with van der Waals surface area (Å²) in [7, 11) is -1.92. The van der Waals surface area contributed by atoms with Crippen molar-refractivity contribution in [1.82, 2.24) is 4.90 Å². The topological polar surface area (TPSA) is 110 Å². The number of sulfonamides is 1. The van der Waals surface area contributed by atoms with Crippen LogP contribution in [0.3, 0.4) is 0 Å². The molecule has 0 aromatic heterocycles. The van der Waals surface area contributed by atoms with Crippen LogP contribution in [0.2, 0.25) is 0 Å². The van der Waals surface area contributed by atoms with Crippen LogP contribution in [0.5, 0.6) is 5.75 Å². The van der Waals surface area contributed by atoms with Gasteiger partial charge in [0, 0.05) is 32.0 Å². The van der Waals surface area contributed by atoms with Crippen molar-refractivity contribution >= 4 is 27.5 Å². The average Bonchev–Trinajstić information content (AvgIpc) is 2.64. The highest BCUT2D eigenvalue weighted by Gasteiger charge is 2.26. The minimum atomic E-state index is -3.46. The normalized spacial score (nSPS) is 15.4. The van der Waals surface area contributed by atoms with Gasteiger partial charge in [0.1, 0.15) is 5.75 Å². The van der Waals surface area contributed by atoms with Gasteiger partial charge >= 0.3 is 0 Å². The molecule has 0 unspecified atom stereocenters. The first-order chi connectivity index (χ1) is 12.7. The Hall–Kier alpha value is -2.29. The molecule has 0 atom stereocenters. The maximum Gasteiger partial charge on any atom is 0.232 e. The molecular weight excluding hydrogens is 370 g/mol. The van der Waals surface area contributed by atoms with E-state index in [4.69, 9.17) is 10.5 Å². The minimum Gasteiger partial charge on any atom is -0.497 e. The lowest BCUT2D eigenvalue weighted by Gasteiger charge is -2.31. The summed E-state index contributed by atoms with van der Waals surface area (Å²) in [6, 6.07) is 6.75. The van der Waals surface area contributed by atoms with Crippen LogP contribution < -0.4 is 14.8 Å². The molecule has 1 aliphatic heterocycles. The maximum atomic E-state index is 12.4. The van der Waals surface area contributed by atoms with Crippen LogP contribution in [-0.2, 0) is 19.6 Å². The zero-order valence-corrected chi connectivity index (χ0v) is 16.6.